The first-order valence-corrected chi connectivity index (χ1v) is 12.6. The second kappa shape index (κ2) is 12.9. The van der Waals surface area contributed by atoms with E-state index in [9.17, 15) is 0 Å². The summed E-state index contributed by atoms with van der Waals surface area (Å²) in [6.45, 7) is 13.1. The van der Waals surface area contributed by atoms with E-state index >= 15 is 0 Å². The first-order valence-electron chi connectivity index (χ1n) is 12.6. The SMILES string of the molecule is CCCN(CCC)c1ccc(-c2nnc(OC)nc2-c2ccc(N(CCC)CCC)cc2)cc1. The highest BCUT2D eigenvalue weighted by molar-refractivity contribution is 5.79. The first kappa shape index (κ1) is 25.5. The third-order valence-corrected chi connectivity index (χ3v) is 5.84. The summed E-state index contributed by atoms with van der Waals surface area (Å²) in [5.74, 6) is 0. The number of hydrogen-bond acceptors (Lipinski definition) is 6. The summed E-state index contributed by atoms with van der Waals surface area (Å²) in [5.41, 5.74) is 6.01. The number of ether oxygens (including phenoxy) is 1. The standard InChI is InChI=1S/C28H39N5O/c1-6-18-32(19-7-2)24-14-10-22(11-15-24)26-27(30-31-28(29-26)34-5)23-12-16-25(17-13-23)33(20-8-3)21-9-4/h10-17H,6-9,18-21H2,1-5H3. The molecule has 0 aliphatic heterocycles. The summed E-state index contributed by atoms with van der Waals surface area (Å²) in [6, 6.07) is 17.5. The van der Waals surface area contributed by atoms with Crippen LogP contribution in [0.4, 0.5) is 11.4 Å². The number of anilines is 2. The highest BCUT2D eigenvalue weighted by atomic mass is 16.5. The fourth-order valence-electron chi connectivity index (χ4n) is 4.27. The molecular formula is C28H39N5O. The summed E-state index contributed by atoms with van der Waals surface area (Å²) >= 11 is 0. The van der Waals surface area contributed by atoms with Crippen molar-refractivity contribution >= 4 is 11.4 Å². The first-order chi connectivity index (χ1) is 16.6. The van der Waals surface area contributed by atoms with Gasteiger partial charge >= 0.3 is 6.01 Å². The van der Waals surface area contributed by atoms with Gasteiger partial charge in [0, 0.05) is 48.7 Å². The summed E-state index contributed by atoms with van der Waals surface area (Å²) < 4.78 is 5.30. The average molecular weight is 462 g/mol. The molecule has 1 aromatic heterocycles. The van der Waals surface area contributed by atoms with Crippen LogP contribution in [0.3, 0.4) is 0 Å². The molecule has 3 aromatic rings. The number of aromatic nitrogens is 3. The number of hydrogen-bond donors (Lipinski definition) is 0. The molecule has 0 aliphatic carbocycles. The van der Waals surface area contributed by atoms with E-state index in [-0.39, 0.29) is 6.01 Å². The molecule has 3 rings (SSSR count). The van der Waals surface area contributed by atoms with Gasteiger partial charge in [0.2, 0.25) is 0 Å². The predicted molar refractivity (Wildman–Crippen MR) is 143 cm³/mol. The minimum absolute atomic E-state index is 0.273. The zero-order valence-electron chi connectivity index (χ0n) is 21.4. The summed E-state index contributed by atoms with van der Waals surface area (Å²) in [7, 11) is 1.57. The quantitative estimate of drug-likeness (QED) is 0.291. The zero-order valence-corrected chi connectivity index (χ0v) is 21.4. The Bertz CT molecular complexity index is 992. The molecule has 6 nitrogen and oxygen atoms in total. The third-order valence-electron chi connectivity index (χ3n) is 5.84. The Balaban J connectivity index is 1.95. The zero-order chi connectivity index (χ0) is 24.3. The van der Waals surface area contributed by atoms with Gasteiger partial charge in [-0.1, -0.05) is 57.1 Å². The van der Waals surface area contributed by atoms with Gasteiger partial charge in [-0.2, -0.15) is 4.98 Å². The molecule has 0 radical (unpaired) electrons. The van der Waals surface area contributed by atoms with E-state index < -0.39 is 0 Å². The van der Waals surface area contributed by atoms with E-state index in [1.807, 2.05) is 0 Å². The van der Waals surface area contributed by atoms with Crippen molar-refractivity contribution in [3.05, 3.63) is 48.5 Å². The van der Waals surface area contributed by atoms with E-state index in [1.54, 1.807) is 7.11 Å². The molecule has 2 aromatic carbocycles. The fourth-order valence-corrected chi connectivity index (χ4v) is 4.27. The second-order valence-electron chi connectivity index (χ2n) is 8.56. The van der Waals surface area contributed by atoms with Crippen molar-refractivity contribution in [1.82, 2.24) is 15.2 Å². The highest BCUT2D eigenvalue weighted by Crippen LogP contribution is 2.32. The van der Waals surface area contributed by atoms with Crippen molar-refractivity contribution in [3.8, 4) is 28.5 Å². The molecule has 0 aliphatic rings. The molecule has 0 unspecified atom stereocenters. The summed E-state index contributed by atoms with van der Waals surface area (Å²) in [5, 5.41) is 8.67. The smallest absolute Gasteiger partial charge is 0.336 e. The molecule has 0 N–H and O–H groups in total. The minimum Gasteiger partial charge on any atom is -0.466 e. The van der Waals surface area contributed by atoms with Gasteiger partial charge in [0.25, 0.3) is 0 Å². The van der Waals surface area contributed by atoms with Crippen LogP contribution < -0.4 is 14.5 Å². The molecular weight excluding hydrogens is 422 g/mol. The molecule has 0 bridgehead atoms. The molecule has 182 valence electrons. The van der Waals surface area contributed by atoms with E-state index in [4.69, 9.17) is 4.74 Å². The van der Waals surface area contributed by atoms with Crippen molar-refractivity contribution in [2.45, 2.75) is 53.4 Å². The fraction of sp³-hybridized carbons (Fsp3) is 0.464. The van der Waals surface area contributed by atoms with Crippen molar-refractivity contribution in [2.75, 3.05) is 43.1 Å². The number of nitrogens with zero attached hydrogens (tertiary/aromatic N) is 5. The maximum absolute atomic E-state index is 5.30. The van der Waals surface area contributed by atoms with Crippen LogP contribution in [0.15, 0.2) is 48.5 Å². The van der Waals surface area contributed by atoms with Crippen molar-refractivity contribution < 1.29 is 4.74 Å². The van der Waals surface area contributed by atoms with Crippen LogP contribution in [0.25, 0.3) is 22.5 Å². The van der Waals surface area contributed by atoms with E-state index in [2.05, 4.69) is 101 Å². The van der Waals surface area contributed by atoms with Crippen molar-refractivity contribution in [3.63, 3.8) is 0 Å². The van der Waals surface area contributed by atoms with Crippen LogP contribution in [0.1, 0.15) is 53.4 Å². The maximum Gasteiger partial charge on any atom is 0.336 e. The maximum atomic E-state index is 5.30. The average Bonchev–Trinajstić information content (AvgIpc) is 2.88. The Kier molecular flexibility index (Phi) is 9.68. The van der Waals surface area contributed by atoms with Crippen molar-refractivity contribution in [2.24, 2.45) is 0 Å². The topological polar surface area (TPSA) is 54.4 Å². The lowest BCUT2D eigenvalue weighted by molar-refractivity contribution is 0.374. The van der Waals surface area contributed by atoms with Crippen LogP contribution >= 0.6 is 0 Å². The monoisotopic (exact) mass is 461 g/mol. The summed E-state index contributed by atoms with van der Waals surface area (Å²) in [6.07, 6.45) is 4.51. The van der Waals surface area contributed by atoms with Gasteiger partial charge < -0.3 is 14.5 Å². The number of methoxy groups -OCH3 is 1. The number of benzene rings is 2. The van der Waals surface area contributed by atoms with Gasteiger partial charge in [0.1, 0.15) is 11.4 Å². The molecule has 0 atom stereocenters. The molecule has 6 heteroatoms. The van der Waals surface area contributed by atoms with Crippen LogP contribution in [0.5, 0.6) is 6.01 Å². The Morgan fingerprint density at radius 2 is 1.00 bits per heavy atom. The van der Waals surface area contributed by atoms with E-state index in [0.717, 1.165) is 74.4 Å². The van der Waals surface area contributed by atoms with Crippen molar-refractivity contribution in [1.29, 1.82) is 0 Å². The second-order valence-corrected chi connectivity index (χ2v) is 8.56. The molecule has 0 spiro atoms. The van der Waals surface area contributed by atoms with Crippen LogP contribution in [0, 0.1) is 0 Å². The Morgan fingerprint density at radius 3 is 1.38 bits per heavy atom. The van der Waals surface area contributed by atoms with Gasteiger partial charge in [-0.25, -0.2) is 0 Å². The van der Waals surface area contributed by atoms with Gasteiger partial charge in [-0.05, 0) is 49.9 Å². The Hall–Kier alpha value is -3.15. The normalized spacial score (nSPS) is 10.9. The molecule has 0 fully saturated rings. The van der Waals surface area contributed by atoms with Gasteiger partial charge in [-0.15, -0.1) is 5.10 Å². The third kappa shape index (κ3) is 6.25. The minimum atomic E-state index is 0.273. The molecule has 1 heterocycles. The van der Waals surface area contributed by atoms with Crippen LogP contribution in [-0.4, -0.2) is 48.5 Å². The van der Waals surface area contributed by atoms with Gasteiger partial charge in [0.05, 0.1) is 7.11 Å². The Morgan fingerprint density at radius 1 is 0.588 bits per heavy atom. The molecule has 0 saturated heterocycles. The predicted octanol–water partition coefficient (Wildman–Crippen LogP) is 6.47. The lowest BCUT2D eigenvalue weighted by atomic mass is 10.0. The molecule has 0 saturated carbocycles. The Labute approximate surface area is 205 Å². The molecule has 0 amide bonds. The number of rotatable bonds is 13. The highest BCUT2D eigenvalue weighted by Gasteiger charge is 2.15. The van der Waals surface area contributed by atoms with E-state index in [1.165, 1.54) is 11.4 Å². The van der Waals surface area contributed by atoms with Crippen LogP contribution in [-0.2, 0) is 0 Å². The van der Waals surface area contributed by atoms with Gasteiger partial charge in [-0.3, -0.25) is 0 Å². The van der Waals surface area contributed by atoms with Gasteiger partial charge in [0.15, 0.2) is 0 Å². The lowest BCUT2D eigenvalue weighted by Gasteiger charge is -2.24. The molecule has 34 heavy (non-hydrogen) atoms. The van der Waals surface area contributed by atoms with Crippen LogP contribution in [0.2, 0.25) is 0 Å². The van der Waals surface area contributed by atoms with E-state index in [0.29, 0.717) is 0 Å². The largest absolute Gasteiger partial charge is 0.466 e. The lowest BCUT2D eigenvalue weighted by Crippen LogP contribution is -2.24. The summed E-state index contributed by atoms with van der Waals surface area (Å²) in [4.78, 5) is 9.54.